The number of carbonyl (C=O) groups is 1. The van der Waals surface area contributed by atoms with E-state index in [0.717, 1.165) is 12.1 Å². The molecule has 0 radical (unpaired) electrons. The summed E-state index contributed by atoms with van der Waals surface area (Å²) in [4.78, 5) is 29.7. The number of amides is 1. The molecular formula is C18H19N5O2S. The molecule has 7 nitrogen and oxygen atoms in total. The van der Waals surface area contributed by atoms with Crippen molar-refractivity contribution in [2.24, 2.45) is 0 Å². The van der Waals surface area contributed by atoms with Crippen LogP contribution in [0.2, 0.25) is 0 Å². The van der Waals surface area contributed by atoms with Crippen molar-refractivity contribution in [1.82, 2.24) is 24.6 Å². The Kier molecular flexibility index (Phi) is 4.50. The highest BCUT2D eigenvalue weighted by Gasteiger charge is 2.29. The lowest BCUT2D eigenvalue weighted by Crippen LogP contribution is -2.31. The van der Waals surface area contributed by atoms with Gasteiger partial charge in [-0.1, -0.05) is 36.9 Å². The van der Waals surface area contributed by atoms with Crippen LogP contribution in [0.25, 0.3) is 16.7 Å². The van der Waals surface area contributed by atoms with Crippen molar-refractivity contribution in [3.05, 3.63) is 46.9 Å². The Hall–Kier alpha value is -2.61. The van der Waals surface area contributed by atoms with Crippen molar-refractivity contribution in [2.75, 3.05) is 12.3 Å². The number of rotatable bonds is 5. The predicted molar refractivity (Wildman–Crippen MR) is 101 cm³/mol. The summed E-state index contributed by atoms with van der Waals surface area (Å²) in [7, 11) is 0. The minimum atomic E-state index is -0.170. The maximum absolute atomic E-state index is 13.0. The van der Waals surface area contributed by atoms with E-state index in [1.54, 1.807) is 15.4 Å². The molecule has 8 heteroatoms. The number of carbonyl (C=O) groups excluding carboxylic acids is 1. The largest absolute Gasteiger partial charge is 0.356 e. The standard InChI is InChI=1S/C18H19N5O2S/c1-2-8-19-15(24)9-13-11-26-18-21-16-14(17(25)22(13)18)10-20-23(16)12-6-4-3-5-7-12/h3-7,10,13H,2,8-9,11H2,1H3,(H,19,24). The zero-order chi connectivity index (χ0) is 18.1. The minimum absolute atomic E-state index is 0.0303. The summed E-state index contributed by atoms with van der Waals surface area (Å²) in [6.45, 7) is 2.66. The maximum atomic E-state index is 13.0. The van der Waals surface area contributed by atoms with E-state index in [1.807, 2.05) is 37.3 Å². The monoisotopic (exact) mass is 369 g/mol. The van der Waals surface area contributed by atoms with Gasteiger partial charge in [0.2, 0.25) is 5.91 Å². The molecule has 1 aliphatic heterocycles. The van der Waals surface area contributed by atoms with Gasteiger partial charge in [-0.25, -0.2) is 9.67 Å². The van der Waals surface area contributed by atoms with E-state index in [4.69, 9.17) is 0 Å². The number of benzene rings is 1. The summed E-state index contributed by atoms with van der Waals surface area (Å²) in [5, 5.41) is 8.34. The van der Waals surface area contributed by atoms with Gasteiger partial charge in [-0.3, -0.25) is 14.2 Å². The van der Waals surface area contributed by atoms with Gasteiger partial charge in [0.1, 0.15) is 5.39 Å². The van der Waals surface area contributed by atoms with Crippen LogP contribution < -0.4 is 10.9 Å². The fraction of sp³-hybridized carbons (Fsp3) is 0.333. The lowest BCUT2D eigenvalue weighted by Gasteiger charge is -2.13. The number of para-hydroxylation sites is 1. The first kappa shape index (κ1) is 16.8. The minimum Gasteiger partial charge on any atom is -0.356 e. The van der Waals surface area contributed by atoms with E-state index in [0.29, 0.717) is 34.9 Å². The van der Waals surface area contributed by atoms with Gasteiger partial charge >= 0.3 is 0 Å². The van der Waals surface area contributed by atoms with Crippen LogP contribution in [0.3, 0.4) is 0 Å². The third kappa shape index (κ3) is 2.90. The first-order valence-electron chi connectivity index (χ1n) is 8.64. The maximum Gasteiger partial charge on any atom is 0.265 e. The fourth-order valence-corrected chi connectivity index (χ4v) is 4.22. The van der Waals surface area contributed by atoms with Gasteiger partial charge in [0, 0.05) is 18.7 Å². The summed E-state index contributed by atoms with van der Waals surface area (Å²) in [6, 6.07) is 9.45. The Labute approximate surface area is 154 Å². The summed E-state index contributed by atoms with van der Waals surface area (Å²) in [6.07, 6.45) is 2.74. The van der Waals surface area contributed by atoms with Crippen molar-refractivity contribution in [3.8, 4) is 5.69 Å². The molecule has 1 N–H and O–H groups in total. The van der Waals surface area contributed by atoms with Gasteiger partial charge in [-0.15, -0.1) is 0 Å². The SMILES string of the molecule is CCCNC(=O)CC1CSc2nc3c(cnn3-c3ccccc3)c(=O)n21. The van der Waals surface area contributed by atoms with Gasteiger partial charge in [-0.05, 0) is 18.6 Å². The number of aromatic nitrogens is 4. The molecule has 0 saturated carbocycles. The molecule has 1 unspecified atom stereocenters. The number of nitrogens with one attached hydrogen (secondary N) is 1. The highest BCUT2D eigenvalue weighted by Crippen LogP contribution is 2.33. The fourth-order valence-electron chi connectivity index (χ4n) is 3.09. The third-order valence-corrected chi connectivity index (χ3v) is 5.46. The van der Waals surface area contributed by atoms with Crippen molar-refractivity contribution in [1.29, 1.82) is 0 Å². The van der Waals surface area contributed by atoms with Crippen LogP contribution in [0.4, 0.5) is 0 Å². The average molecular weight is 369 g/mol. The van der Waals surface area contributed by atoms with E-state index < -0.39 is 0 Å². The molecule has 3 heterocycles. The van der Waals surface area contributed by atoms with Gasteiger partial charge < -0.3 is 5.32 Å². The Balaban J connectivity index is 1.72. The van der Waals surface area contributed by atoms with Gasteiger partial charge in [0.05, 0.1) is 17.9 Å². The first-order valence-corrected chi connectivity index (χ1v) is 9.62. The smallest absolute Gasteiger partial charge is 0.265 e. The van der Waals surface area contributed by atoms with E-state index >= 15 is 0 Å². The third-order valence-electron chi connectivity index (χ3n) is 4.36. The molecule has 26 heavy (non-hydrogen) atoms. The Bertz CT molecular complexity index is 1010. The normalized spacial score (nSPS) is 16.0. The number of hydrogen-bond donors (Lipinski definition) is 1. The van der Waals surface area contributed by atoms with Crippen LogP contribution in [0.1, 0.15) is 25.8 Å². The predicted octanol–water partition coefficient (Wildman–Crippen LogP) is 2.15. The molecule has 0 bridgehead atoms. The molecule has 1 atom stereocenters. The van der Waals surface area contributed by atoms with Crippen LogP contribution in [-0.4, -0.2) is 37.5 Å². The Morgan fingerprint density at radius 3 is 2.92 bits per heavy atom. The molecule has 2 aromatic heterocycles. The van der Waals surface area contributed by atoms with Crippen LogP contribution >= 0.6 is 11.8 Å². The molecule has 4 rings (SSSR count). The summed E-state index contributed by atoms with van der Waals surface area (Å²) >= 11 is 1.51. The molecule has 1 amide bonds. The first-order chi connectivity index (χ1) is 12.7. The average Bonchev–Trinajstić information content (AvgIpc) is 3.26. The second-order valence-electron chi connectivity index (χ2n) is 6.22. The molecule has 1 aromatic carbocycles. The Morgan fingerprint density at radius 1 is 1.35 bits per heavy atom. The number of fused-ring (bicyclic) bond motifs is 2. The number of hydrogen-bond acceptors (Lipinski definition) is 5. The molecule has 1 aliphatic rings. The highest BCUT2D eigenvalue weighted by molar-refractivity contribution is 7.99. The second kappa shape index (κ2) is 6.95. The number of nitrogens with zero attached hydrogens (tertiary/aromatic N) is 4. The molecule has 0 saturated heterocycles. The van der Waals surface area contributed by atoms with E-state index in [9.17, 15) is 9.59 Å². The summed E-state index contributed by atoms with van der Waals surface area (Å²) in [5.41, 5.74) is 1.28. The van der Waals surface area contributed by atoms with Crippen molar-refractivity contribution in [2.45, 2.75) is 31.0 Å². The second-order valence-corrected chi connectivity index (χ2v) is 7.20. The van der Waals surface area contributed by atoms with Crippen LogP contribution in [0.5, 0.6) is 0 Å². The lowest BCUT2D eigenvalue weighted by atomic mass is 10.2. The Morgan fingerprint density at radius 2 is 2.15 bits per heavy atom. The van der Waals surface area contributed by atoms with Gasteiger partial charge in [0.25, 0.3) is 5.56 Å². The van der Waals surface area contributed by atoms with Crippen LogP contribution in [-0.2, 0) is 4.79 Å². The topological polar surface area (TPSA) is 81.8 Å². The molecule has 0 spiro atoms. The van der Waals surface area contributed by atoms with Crippen molar-refractivity contribution < 1.29 is 4.79 Å². The van der Waals surface area contributed by atoms with E-state index in [2.05, 4.69) is 15.4 Å². The van der Waals surface area contributed by atoms with Crippen LogP contribution in [0, 0.1) is 0 Å². The van der Waals surface area contributed by atoms with Crippen molar-refractivity contribution in [3.63, 3.8) is 0 Å². The van der Waals surface area contributed by atoms with Crippen molar-refractivity contribution >= 4 is 28.7 Å². The molecule has 0 aliphatic carbocycles. The van der Waals surface area contributed by atoms with Gasteiger partial charge in [0.15, 0.2) is 10.8 Å². The molecule has 0 fully saturated rings. The molecule has 3 aromatic rings. The van der Waals surface area contributed by atoms with Gasteiger partial charge in [-0.2, -0.15) is 5.10 Å². The van der Waals surface area contributed by atoms with Crippen LogP contribution in [0.15, 0.2) is 46.5 Å². The highest BCUT2D eigenvalue weighted by atomic mass is 32.2. The molecular weight excluding hydrogens is 350 g/mol. The lowest BCUT2D eigenvalue weighted by molar-refractivity contribution is -0.121. The summed E-state index contributed by atoms with van der Waals surface area (Å²) < 4.78 is 3.33. The van der Waals surface area contributed by atoms with E-state index in [1.165, 1.54) is 11.8 Å². The zero-order valence-corrected chi connectivity index (χ0v) is 15.2. The quantitative estimate of drug-likeness (QED) is 0.697. The number of thioether (sulfide) groups is 1. The molecule has 134 valence electrons. The van der Waals surface area contributed by atoms with E-state index in [-0.39, 0.29) is 17.5 Å². The zero-order valence-electron chi connectivity index (χ0n) is 14.4. The summed E-state index contributed by atoms with van der Waals surface area (Å²) in [5.74, 6) is 0.643.